The molecule has 8 heteroatoms. The summed E-state index contributed by atoms with van der Waals surface area (Å²) in [6.07, 6.45) is 4.77. The molecule has 0 atom stereocenters. The fourth-order valence-electron chi connectivity index (χ4n) is 2.10. The number of hydrogen-bond donors (Lipinski definition) is 0. The lowest BCUT2D eigenvalue weighted by atomic mass is 10.2. The Morgan fingerprint density at radius 3 is 2.54 bits per heavy atom. The molecule has 0 aliphatic rings. The van der Waals surface area contributed by atoms with Gasteiger partial charge in [-0.1, -0.05) is 6.07 Å². The number of methoxy groups -OCH3 is 1. The van der Waals surface area contributed by atoms with Gasteiger partial charge in [0.15, 0.2) is 5.16 Å². The van der Waals surface area contributed by atoms with Gasteiger partial charge in [-0.2, -0.15) is 0 Å². The number of nitro benzene ring substituents is 1. The van der Waals surface area contributed by atoms with Crippen LogP contribution >= 0.6 is 11.8 Å². The van der Waals surface area contributed by atoms with Crippen molar-refractivity contribution in [2.45, 2.75) is 10.1 Å². The van der Waals surface area contributed by atoms with Crippen molar-refractivity contribution in [2.75, 3.05) is 7.11 Å². The van der Waals surface area contributed by atoms with Gasteiger partial charge in [-0.15, -0.1) is 0 Å². The van der Waals surface area contributed by atoms with E-state index in [2.05, 4.69) is 15.0 Å². The van der Waals surface area contributed by atoms with Gasteiger partial charge < -0.3 is 4.74 Å². The van der Waals surface area contributed by atoms with Crippen LogP contribution in [-0.4, -0.2) is 28.2 Å². The van der Waals surface area contributed by atoms with Crippen LogP contribution in [0.5, 0.6) is 5.75 Å². The molecule has 0 aliphatic heterocycles. The number of ether oxygens (including phenoxy) is 1. The third-order valence-corrected chi connectivity index (χ3v) is 4.32. The number of nitrogens with zero attached hydrogens (tertiary/aromatic N) is 4. The van der Waals surface area contributed by atoms with Crippen LogP contribution in [0.2, 0.25) is 0 Å². The van der Waals surface area contributed by atoms with Crippen LogP contribution in [0.15, 0.2) is 76.0 Å². The fraction of sp³-hybridized carbons (Fsp3) is 0.0556. The summed E-state index contributed by atoms with van der Waals surface area (Å²) < 4.78 is 5.10. The molecule has 0 N–H and O–H groups in total. The standard InChI is InChI=1S/C18H14N4O3S/c1-25-15-6-4-14(5-7-15)21-12-13-3-8-17(16(11-13)22(23)24)26-18-19-9-2-10-20-18/h2-12H,1H3. The second kappa shape index (κ2) is 8.21. The molecule has 0 bridgehead atoms. The Morgan fingerprint density at radius 1 is 1.15 bits per heavy atom. The Hall–Kier alpha value is -3.26. The van der Waals surface area contributed by atoms with Gasteiger partial charge in [0.1, 0.15) is 5.75 Å². The maximum absolute atomic E-state index is 11.4. The fourth-order valence-corrected chi connectivity index (χ4v) is 2.90. The lowest BCUT2D eigenvalue weighted by Crippen LogP contribution is -1.94. The predicted molar refractivity (Wildman–Crippen MR) is 99.5 cm³/mol. The lowest BCUT2D eigenvalue weighted by Gasteiger charge is -2.03. The monoisotopic (exact) mass is 366 g/mol. The second-order valence-corrected chi connectivity index (χ2v) is 6.08. The zero-order chi connectivity index (χ0) is 18.4. The highest BCUT2D eigenvalue weighted by molar-refractivity contribution is 7.99. The van der Waals surface area contributed by atoms with Crippen LogP contribution < -0.4 is 4.74 Å². The van der Waals surface area contributed by atoms with Crippen molar-refractivity contribution in [3.05, 3.63) is 76.6 Å². The molecule has 3 rings (SSSR count). The minimum absolute atomic E-state index is 0.0128. The van der Waals surface area contributed by atoms with E-state index in [-0.39, 0.29) is 5.69 Å². The highest BCUT2D eigenvalue weighted by Gasteiger charge is 2.16. The summed E-state index contributed by atoms with van der Waals surface area (Å²) in [5.74, 6) is 0.740. The van der Waals surface area contributed by atoms with Gasteiger partial charge in [0.25, 0.3) is 5.69 Å². The molecule has 7 nitrogen and oxygen atoms in total. The Kier molecular flexibility index (Phi) is 5.55. The third kappa shape index (κ3) is 4.42. The topological polar surface area (TPSA) is 90.5 Å². The molecule has 0 aliphatic carbocycles. The Bertz CT molecular complexity index is 931. The van der Waals surface area contributed by atoms with Crippen molar-refractivity contribution in [3.8, 4) is 5.75 Å². The Labute approximate surface area is 153 Å². The average molecular weight is 366 g/mol. The van der Waals surface area contributed by atoms with Gasteiger partial charge in [-0.25, -0.2) is 9.97 Å². The van der Waals surface area contributed by atoms with Crippen molar-refractivity contribution in [2.24, 2.45) is 4.99 Å². The molecule has 3 aromatic rings. The summed E-state index contributed by atoms with van der Waals surface area (Å²) in [4.78, 5) is 23.9. The van der Waals surface area contributed by atoms with E-state index < -0.39 is 4.92 Å². The molecule has 130 valence electrons. The van der Waals surface area contributed by atoms with Gasteiger partial charge >= 0.3 is 0 Å². The smallest absolute Gasteiger partial charge is 0.283 e. The first-order valence-corrected chi connectivity index (χ1v) is 8.39. The molecular weight excluding hydrogens is 352 g/mol. The third-order valence-electron chi connectivity index (χ3n) is 3.36. The van der Waals surface area contributed by atoms with E-state index in [0.717, 1.165) is 23.2 Å². The maximum Gasteiger partial charge on any atom is 0.283 e. The van der Waals surface area contributed by atoms with Crippen molar-refractivity contribution >= 4 is 29.4 Å². The molecule has 0 saturated carbocycles. The summed E-state index contributed by atoms with van der Waals surface area (Å²) in [5.41, 5.74) is 1.34. The molecule has 0 spiro atoms. The summed E-state index contributed by atoms with van der Waals surface area (Å²) in [6.45, 7) is 0. The summed E-state index contributed by atoms with van der Waals surface area (Å²) in [6, 6.07) is 13.8. The molecule has 1 aromatic heterocycles. The van der Waals surface area contributed by atoms with Crippen LogP contribution in [0.3, 0.4) is 0 Å². The summed E-state index contributed by atoms with van der Waals surface area (Å²) in [7, 11) is 1.59. The van der Waals surface area contributed by atoms with Crippen molar-refractivity contribution in [1.82, 2.24) is 9.97 Å². The SMILES string of the molecule is COc1ccc(N=Cc2ccc(Sc3ncccn3)c([N+](=O)[O-])c2)cc1. The molecule has 0 amide bonds. The van der Waals surface area contributed by atoms with E-state index in [1.165, 1.54) is 6.07 Å². The molecule has 0 fully saturated rings. The van der Waals surface area contributed by atoms with E-state index >= 15 is 0 Å². The molecular formula is C18H14N4O3S. The largest absolute Gasteiger partial charge is 0.497 e. The van der Waals surface area contributed by atoms with Crippen LogP contribution in [0.25, 0.3) is 0 Å². The van der Waals surface area contributed by atoms with E-state index in [0.29, 0.717) is 15.6 Å². The first-order chi connectivity index (χ1) is 12.7. The van der Waals surface area contributed by atoms with Gasteiger partial charge in [0.05, 0.1) is 22.6 Å². The maximum atomic E-state index is 11.4. The van der Waals surface area contributed by atoms with Gasteiger partial charge in [-0.05, 0) is 53.7 Å². The first-order valence-electron chi connectivity index (χ1n) is 7.57. The number of nitro groups is 1. The zero-order valence-corrected chi connectivity index (χ0v) is 14.6. The average Bonchev–Trinajstić information content (AvgIpc) is 2.68. The van der Waals surface area contributed by atoms with E-state index in [1.54, 1.807) is 68.2 Å². The zero-order valence-electron chi connectivity index (χ0n) is 13.8. The minimum atomic E-state index is -0.421. The lowest BCUT2D eigenvalue weighted by molar-refractivity contribution is -0.387. The van der Waals surface area contributed by atoms with Crippen LogP contribution in [0.4, 0.5) is 11.4 Å². The first kappa shape index (κ1) is 17.6. The highest BCUT2D eigenvalue weighted by Crippen LogP contribution is 2.33. The van der Waals surface area contributed by atoms with Crippen molar-refractivity contribution in [1.29, 1.82) is 0 Å². The normalized spacial score (nSPS) is 10.8. The van der Waals surface area contributed by atoms with Gasteiger partial charge in [0, 0.05) is 24.7 Å². The Morgan fingerprint density at radius 2 is 1.88 bits per heavy atom. The quantitative estimate of drug-likeness (QED) is 0.280. The molecule has 0 radical (unpaired) electrons. The van der Waals surface area contributed by atoms with E-state index in [1.807, 2.05) is 0 Å². The van der Waals surface area contributed by atoms with Crippen molar-refractivity contribution < 1.29 is 9.66 Å². The number of rotatable bonds is 6. The van der Waals surface area contributed by atoms with E-state index in [4.69, 9.17) is 4.74 Å². The predicted octanol–water partition coefficient (Wildman–Crippen LogP) is 4.30. The minimum Gasteiger partial charge on any atom is -0.497 e. The highest BCUT2D eigenvalue weighted by atomic mass is 32.2. The van der Waals surface area contributed by atoms with Crippen LogP contribution in [0, 0.1) is 10.1 Å². The number of hydrogen-bond acceptors (Lipinski definition) is 7. The van der Waals surface area contributed by atoms with Gasteiger partial charge in [0.2, 0.25) is 0 Å². The summed E-state index contributed by atoms with van der Waals surface area (Å²) in [5, 5.41) is 11.9. The summed E-state index contributed by atoms with van der Waals surface area (Å²) >= 11 is 1.15. The van der Waals surface area contributed by atoms with E-state index in [9.17, 15) is 10.1 Å². The second-order valence-electron chi connectivity index (χ2n) is 5.07. The molecule has 1 heterocycles. The molecule has 2 aromatic carbocycles. The van der Waals surface area contributed by atoms with Crippen LogP contribution in [-0.2, 0) is 0 Å². The number of aromatic nitrogens is 2. The Balaban J connectivity index is 1.83. The molecule has 0 unspecified atom stereocenters. The number of benzene rings is 2. The molecule has 0 saturated heterocycles. The molecule has 26 heavy (non-hydrogen) atoms. The van der Waals surface area contributed by atoms with Crippen molar-refractivity contribution in [3.63, 3.8) is 0 Å². The van der Waals surface area contributed by atoms with Crippen LogP contribution in [0.1, 0.15) is 5.56 Å². The number of aliphatic imine (C=N–C) groups is 1. The van der Waals surface area contributed by atoms with Gasteiger partial charge in [-0.3, -0.25) is 15.1 Å².